The Hall–Kier alpha value is -2.71. The first-order valence-electron chi connectivity index (χ1n) is 9.94. The van der Waals surface area contributed by atoms with Gasteiger partial charge >= 0.3 is 5.97 Å². The van der Waals surface area contributed by atoms with Gasteiger partial charge in [-0.1, -0.05) is 31.2 Å². The van der Waals surface area contributed by atoms with E-state index in [4.69, 9.17) is 4.74 Å². The molecule has 1 heterocycles. The fraction of sp³-hybridized carbons (Fsp3) is 0.364. The second-order valence-corrected chi connectivity index (χ2v) is 9.27. The van der Waals surface area contributed by atoms with Gasteiger partial charge in [0.25, 0.3) is 5.91 Å². The number of rotatable bonds is 7. The van der Waals surface area contributed by atoms with Crippen molar-refractivity contribution < 1.29 is 22.7 Å². The molecule has 1 amide bonds. The van der Waals surface area contributed by atoms with Gasteiger partial charge in [-0.05, 0) is 55.2 Å². The van der Waals surface area contributed by atoms with E-state index in [0.717, 1.165) is 12.0 Å². The van der Waals surface area contributed by atoms with Crippen LogP contribution in [0.3, 0.4) is 0 Å². The van der Waals surface area contributed by atoms with E-state index >= 15 is 0 Å². The molecule has 160 valence electrons. The molecule has 0 saturated carbocycles. The highest BCUT2D eigenvalue weighted by Crippen LogP contribution is 2.25. The highest BCUT2D eigenvalue weighted by Gasteiger charge is 2.28. The molecule has 1 aliphatic rings. The highest BCUT2D eigenvalue weighted by molar-refractivity contribution is 7.89. The number of ether oxygens (including phenoxy) is 1. The van der Waals surface area contributed by atoms with Gasteiger partial charge in [0.2, 0.25) is 10.0 Å². The van der Waals surface area contributed by atoms with Crippen molar-refractivity contribution in [1.82, 2.24) is 9.62 Å². The molecule has 2 aromatic rings. The smallest absolute Gasteiger partial charge is 0.338 e. The quantitative estimate of drug-likeness (QED) is 0.682. The minimum atomic E-state index is -3.67. The molecule has 0 radical (unpaired) electrons. The number of amides is 1. The number of carbonyl (C=O) groups excluding carboxylic acids is 2. The lowest BCUT2D eigenvalue weighted by Crippen LogP contribution is -2.36. The van der Waals surface area contributed by atoms with Crippen molar-refractivity contribution in [3.8, 4) is 0 Å². The molecule has 0 aromatic heterocycles. The summed E-state index contributed by atoms with van der Waals surface area (Å²) in [5.41, 5.74) is 2.36. The van der Waals surface area contributed by atoms with Gasteiger partial charge in [-0.2, -0.15) is 4.31 Å². The lowest BCUT2D eigenvalue weighted by molar-refractivity contribution is -0.124. The molecule has 0 fully saturated rings. The number of sulfonamides is 1. The Morgan fingerprint density at radius 3 is 2.43 bits per heavy atom. The van der Waals surface area contributed by atoms with Crippen molar-refractivity contribution in [3.05, 3.63) is 65.2 Å². The first-order chi connectivity index (χ1) is 14.3. The van der Waals surface area contributed by atoms with Crippen LogP contribution in [-0.4, -0.2) is 43.8 Å². The largest absolute Gasteiger partial charge is 0.452 e. The van der Waals surface area contributed by atoms with Crippen LogP contribution in [0.25, 0.3) is 0 Å². The Bertz CT molecular complexity index is 1020. The second kappa shape index (κ2) is 9.40. The number of nitrogens with one attached hydrogen (secondary N) is 1. The summed E-state index contributed by atoms with van der Waals surface area (Å²) in [6.45, 7) is 4.16. The van der Waals surface area contributed by atoms with Crippen LogP contribution in [0.2, 0.25) is 0 Å². The molecule has 7 nitrogen and oxygen atoms in total. The molecule has 1 atom stereocenters. The topological polar surface area (TPSA) is 92.8 Å². The second-order valence-electron chi connectivity index (χ2n) is 7.33. The summed E-state index contributed by atoms with van der Waals surface area (Å²) in [6.07, 6.45) is 1.44. The van der Waals surface area contributed by atoms with Crippen LogP contribution >= 0.6 is 0 Å². The Balaban J connectivity index is 1.63. The zero-order valence-corrected chi connectivity index (χ0v) is 17.9. The van der Waals surface area contributed by atoms with Crippen LogP contribution in [0.15, 0.2) is 53.4 Å². The van der Waals surface area contributed by atoms with Crippen LogP contribution in [-0.2, 0) is 32.5 Å². The molecule has 0 saturated heterocycles. The Kier molecular flexibility index (Phi) is 6.89. The van der Waals surface area contributed by atoms with Crippen molar-refractivity contribution in [2.75, 3.05) is 13.2 Å². The third-order valence-electron chi connectivity index (χ3n) is 5.18. The van der Waals surface area contributed by atoms with Crippen LogP contribution in [0, 0.1) is 0 Å². The summed E-state index contributed by atoms with van der Waals surface area (Å²) in [4.78, 5) is 24.0. The minimum Gasteiger partial charge on any atom is -0.452 e. The molecule has 3 rings (SSSR count). The van der Waals surface area contributed by atoms with Crippen molar-refractivity contribution in [1.29, 1.82) is 0 Å². The number of nitrogens with zero attached hydrogens (tertiary/aromatic N) is 1. The van der Waals surface area contributed by atoms with Crippen LogP contribution in [0.4, 0.5) is 0 Å². The van der Waals surface area contributed by atoms with Crippen molar-refractivity contribution in [2.45, 2.75) is 44.2 Å². The normalized spacial score (nSPS) is 15.1. The van der Waals surface area contributed by atoms with E-state index in [1.165, 1.54) is 34.1 Å². The summed E-state index contributed by atoms with van der Waals surface area (Å²) in [5.74, 6) is -1.05. The van der Waals surface area contributed by atoms with Gasteiger partial charge in [0, 0.05) is 19.1 Å². The van der Waals surface area contributed by atoms with Crippen LogP contribution < -0.4 is 5.32 Å². The predicted octanol–water partition coefficient (Wildman–Crippen LogP) is 2.51. The van der Waals surface area contributed by atoms with Gasteiger partial charge in [-0.15, -0.1) is 0 Å². The molecule has 1 aliphatic heterocycles. The summed E-state index contributed by atoms with van der Waals surface area (Å²) in [7, 11) is -3.67. The lowest BCUT2D eigenvalue weighted by Gasteiger charge is -2.28. The number of benzene rings is 2. The maximum absolute atomic E-state index is 13.0. The molecule has 0 aliphatic carbocycles. The molecule has 8 heteroatoms. The molecular formula is C22H26N2O5S. The van der Waals surface area contributed by atoms with E-state index in [-0.39, 0.29) is 29.0 Å². The van der Waals surface area contributed by atoms with E-state index in [0.29, 0.717) is 19.5 Å². The minimum absolute atomic E-state index is 0.00226. The fourth-order valence-corrected chi connectivity index (χ4v) is 4.64. The number of hydrogen-bond acceptors (Lipinski definition) is 5. The van der Waals surface area contributed by atoms with Crippen molar-refractivity contribution >= 4 is 21.9 Å². The Morgan fingerprint density at radius 2 is 1.77 bits per heavy atom. The highest BCUT2D eigenvalue weighted by atomic mass is 32.2. The van der Waals surface area contributed by atoms with Crippen LogP contribution in [0.1, 0.15) is 41.8 Å². The summed E-state index contributed by atoms with van der Waals surface area (Å²) >= 11 is 0. The number of fused-ring (bicyclic) bond motifs is 1. The number of carbonyl (C=O) groups is 2. The Labute approximate surface area is 177 Å². The van der Waals surface area contributed by atoms with E-state index in [9.17, 15) is 18.0 Å². The molecule has 0 spiro atoms. The van der Waals surface area contributed by atoms with E-state index in [2.05, 4.69) is 5.32 Å². The van der Waals surface area contributed by atoms with E-state index in [1.54, 1.807) is 0 Å². The third-order valence-corrected chi connectivity index (χ3v) is 7.04. The monoisotopic (exact) mass is 430 g/mol. The van der Waals surface area contributed by atoms with E-state index in [1.807, 2.05) is 38.1 Å². The van der Waals surface area contributed by atoms with Crippen molar-refractivity contribution in [3.63, 3.8) is 0 Å². The lowest BCUT2D eigenvalue weighted by atomic mass is 10.0. The zero-order chi connectivity index (χ0) is 21.7. The summed E-state index contributed by atoms with van der Waals surface area (Å²) < 4.78 is 32.4. The van der Waals surface area contributed by atoms with Gasteiger partial charge in [-0.25, -0.2) is 13.2 Å². The predicted molar refractivity (Wildman–Crippen MR) is 112 cm³/mol. The molecule has 0 unspecified atom stereocenters. The first kappa shape index (κ1) is 22.0. The molecule has 2 aromatic carbocycles. The maximum Gasteiger partial charge on any atom is 0.338 e. The molecule has 1 N–H and O–H groups in total. The fourth-order valence-electron chi connectivity index (χ4n) is 3.22. The molecular weight excluding hydrogens is 404 g/mol. The number of hydrogen-bond donors (Lipinski definition) is 1. The van der Waals surface area contributed by atoms with Gasteiger partial charge in [0.15, 0.2) is 6.61 Å². The maximum atomic E-state index is 13.0. The summed E-state index contributed by atoms with van der Waals surface area (Å²) in [6, 6.07) is 13.4. The standard InChI is InChI=1S/C22H26N2O5S/c1-3-16(2)23-21(25)15-29-22(26)18-8-10-20(11-9-18)30(27,28)24-13-12-17-6-4-5-7-19(17)14-24/h4-11,16H,3,12-15H2,1-2H3,(H,23,25)/t16-/m1/s1. The van der Waals surface area contributed by atoms with Crippen molar-refractivity contribution in [2.24, 2.45) is 0 Å². The van der Waals surface area contributed by atoms with Crippen LogP contribution in [0.5, 0.6) is 0 Å². The van der Waals surface area contributed by atoms with E-state index < -0.39 is 16.0 Å². The first-order valence-corrected chi connectivity index (χ1v) is 11.4. The average molecular weight is 431 g/mol. The summed E-state index contributed by atoms with van der Waals surface area (Å²) in [5, 5.41) is 2.71. The number of esters is 1. The molecule has 0 bridgehead atoms. The average Bonchev–Trinajstić information content (AvgIpc) is 2.77. The Morgan fingerprint density at radius 1 is 1.10 bits per heavy atom. The van der Waals surface area contributed by atoms with Gasteiger partial charge in [0.1, 0.15) is 0 Å². The zero-order valence-electron chi connectivity index (χ0n) is 17.1. The third kappa shape index (κ3) is 5.06. The van der Waals surface area contributed by atoms with Gasteiger partial charge < -0.3 is 10.1 Å². The van der Waals surface area contributed by atoms with Gasteiger partial charge in [-0.3, -0.25) is 4.79 Å². The van der Waals surface area contributed by atoms with Gasteiger partial charge in [0.05, 0.1) is 10.5 Å². The molecule has 30 heavy (non-hydrogen) atoms. The SMILES string of the molecule is CC[C@@H](C)NC(=O)COC(=O)c1ccc(S(=O)(=O)N2CCc3ccccc3C2)cc1.